The second-order valence-electron chi connectivity index (χ2n) is 5.02. The second-order valence-corrected chi connectivity index (χ2v) is 5.02. The smallest absolute Gasteiger partial charge is 0.225 e. The molecule has 4 heteroatoms. The summed E-state index contributed by atoms with van der Waals surface area (Å²) in [6.07, 6.45) is 5.72. The first kappa shape index (κ1) is 13.9. The van der Waals surface area contributed by atoms with Crippen molar-refractivity contribution in [2.75, 3.05) is 18.5 Å². The number of nitrogens with zero attached hydrogens (tertiary/aromatic N) is 3. The zero-order valence-corrected chi connectivity index (χ0v) is 11.3. The lowest BCUT2D eigenvalue weighted by atomic mass is 10.0. The Morgan fingerprint density at radius 1 is 1.24 bits per heavy atom. The van der Waals surface area contributed by atoms with E-state index in [0.29, 0.717) is 18.5 Å². The maximum atomic E-state index is 5.50. The number of rotatable bonds is 6. The van der Waals surface area contributed by atoms with Gasteiger partial charge in [-0.05, 0) is 37.8 Å². The molecule has 0 fully saturated rings. The predicted octanol–water partition coefficient (Wildman–Crippen LogP) is 1.85. The molecule has 0 amide bonds. The average molecular weight is 236 g/mol. The monoisotopic (exact) mass is 236 g/mol. The third-order valence-electron chi connectivity index (χ3n) is 2.91. The van der Waals surface area contributed by atoms with Gasteiger partial charge in [-0.1, -0.05) is 13.8 Å². The number of hydrogen-bond acceptors (Lipinski definition) is 4. The first-order valence-electron chi connectivity index (χ1n) is 6.28. The van der Waals surface area contributed by atoms with Crippen LogP contribution in [0.3, 0.4) is 0 Å². The molecule has 0 spiro atoms. The quantitative estimate of drug-likeness (QED) is 0.819. The Morgan fingerprint density at radius 3 is 2.29 bits per heavy atom. The summed E-state index contributed by atoms with van der Waals surface area (Å²) < 4.78 is 0. The number of hydrogen-bond donors (Lipinski definition) is 1. The van der Waals surface area contributed by atoms with Gasteiger partial charge in [-0.25, -0.2) is 9.97 Å². The van der Waals surface area contributed by atoms with Crippen molar-refractivity contribution in [3.05, 3.63) is 18.0 Å². The van der Waals surface area contributed by atoms with E-state index >= 15 is 0 Å². The summed E-state index contributed by atoms with van der Waals surface area (Å²) in [5, 5.41) is 0. The molecule has 1 heterocycles. The van der Waals surface area contributed by atoms with Gasteiger partial charge < -0.3 is 10.6 Å². The molecular weight excluding hydrogens is 212 g/mol. The van der Waals surface area contributed by atoms with Crippen molar-refractivity contribution < 1.29 is 0 Å². The highest BCUT2D eigenvalue weighted by Crippen LogP contribution is 2.14. The van der Waals surface area contributed by atoms with Gasteiger partial charge in [-0.15, -0.1) is 0 Å². The van der Waals surface area contributed by atoms with Crippen molar-refractivity contribution in [2.45, 2.75) is 39.7 Å². The molecule has 0 saturated carbocycles. The zero-order chi connectivity index (χ0) is 12.8. The molecule has 0 radical (unpaired) electrons. The molecule has 1 unspecified atom stereocenters. The second kappa shape index (κ2) is 6.55. The van der Waals surface area contributed by atoms with Crippen molar-refractivity contribution in [3.8, 4) is 0 Å². The van der Waals surface area contributed by atoms with Crippen LogP contribution in [0.5, 0.6) is 0 Å². The van der Waals surface area contributed by atoms with E-state index in [1.165, 1.54) is 0 Å². The molecule has 0 aliphatic rings. The van der Waals surface area contributed by atoms with Gasteiger partial charge in [-0.3, -0.25) is 0 Å². The van der Waals surface area contributed by atoms with Crippen molar-refractivity contribution in [3.63, 3.8) is 0 Å². The lowest BCUT2D eigenvalue weighted by Crippen LogP contribution is -2.31. The molecule has 0 aliphatic heterocycles. The number of anilines is 1. The van der Waals surface area contributed by atoms with Crippen LogP contribution in [-0.2, 0) is 6.42 Å². The SMILES string of the molecule is CC(C)CC(C)N(C)c1ncc(CCN)cn1. The zero-order valence-electron chi connectivity index (χ0n) is 11.3. The van der Waals surface area contributed by atoms with Crippen LogP contribution < -0.4 is 10.6 Å². The van der Waals surface area contributed by atoms with Crippen LogP contribution >= 0.6 is 0 Å². The molecule has 0 bridgehead atoms. The van der Waals surface area contributed by atoms with E-state index in [2.05, 4.69) is 35.6 Å². The molecule has 4 nitrogen and oxygen atoms in total. The maximum Gasteiger partial charge on any atom is 0.225 e. The van der Waals surface area contributed by atoms with Crippen LogP contribution in [-0.4, -0.2) is 29.6 Å². The molecular formula is C13H24N4. The van der Waals surface area contributed by atoms with Crippen molar-refractivity contribution in [2.24, 2.45) is 11.7 Å². The van der Waals surface area contributed by atoms with Crippen molar-refractivity contribution in [1.82, 2.24) is 9.97 Å². The fourth-order valence-corrected chi connectivity index (χ4v) is 1.86. The van der Waals surface area contributed by atoms with Crippen LogP contribution in [0, 0.1) is 5.92 Å². The third-order valence-corrected chi connectivity index (χ3v) is 2.91. The fraction of sp³-hybridized carbons (Fsp3) is 0.692. The van der Waals surface area contributed by atoms with E-state index in [9.17, 15) is 0 Å². The molecule has 96 valence electrons. The van der Waals surface area contributed by atoms with Crippen LogP contribution in [0.4, 0.5) is 5.95 Å². The Balaban J connectivity index is 2.65. The normalized spacial score (nSPS) is 12.8. The molecule has 1 rings (SSSR count). The minimum atomic E-state index is 0.454. The van der Waals surface area contributed by atoms with Gasteiger partial charge in [0.1, 0.15) is 0 Å². The Bertz CT molecular complexity index is 321. The lowest BCUT2D eigenvalue weighted by Gasteiger charge is -2.26. The van der Waals surface area contributed by atoms with Gasteiger partial charge in [0.2, 0.25) is 5.95 Å². The van der Waals surface area contributed by atoms with E-state index in [4.69, 9.17) is 5.73 Å². The predicted molar refractivity (Wildman–Crippen MR) is 72.1 cm³/mol. The molecule has 1 aromatic rings. The third kappa shape index (κ3) is 4.30. The first-order valence-corrected chi connectivity index (χ1v) is 6.28. The molecule has 1 atom stereocenters. The summed E-state index contributed by atoms with van der Waals surface area (Å²) in [5.74, 6) is 1.47. The van der Waals surface area contributed by atoms with E-state index < -0.39 is 0 Å². The van der Waals surface area contributed by atoms with Crippen molar-refractivity contribution >= 4 is 5.95 Å². The summed E-state index contributed by atoms with van der Waals surface area (Å²) >= 11 is 0. The number of nitrogens with two attached hydrogens (primary N) is 1. The summed E-state index contributed by atoms with van der Waals surface area (Å²) in [6.45, 7) is 7.31. The van der Waals surface area contributed by atoms with Crippen LogP contribution in [0.15, 0.2) is 12.4 Å². The fourth-order valence-electron chi connectivity index (χ4n) is 1.86. The van der Waals surface area contributed by atoms with Crippen LogP contribution in [0.1, 0.15) is 32.8 Å². The molecule has 1 aromatic heterocycles. The van der Waals surface area contributed by atoms with E-state index in [1.807, 2.05) is 19.4 Å². The number of aromatic nitrogens is 2. The molecule has 17 heavy (non-hydrogen) atoms. The van der Waals surface area contributed by atoms with Crippen LogP contribution in [0.2, 0.25) is 0 Å². The molecule has 0 saturated heterocycles. The van der Waals surface area contributed by atoms with Gasteiger partial charge in [0.25, 0.3) is 0 Å². The van der Waals surface area contributed by atoms with Gasteiger partial charge in [0.05, 0.1) is 0 Å². The minimum absolute atomic E-state index is 0.454. The Kier molecular flexibility index (Phi) is 5.35. The molecule has 2 N–H and O–H groups in total. The Hall–Kier alpha value is -1.16. The topological polar surface area (TPSA) is 55.0 Å². The largest absolute Gasteiger partial charge is 0.341 e. The summed E-state index contributed by atoms with van der Waals surface area (Å²) in [7, 11) is 2.05. The van der Waals surface area contributed by atoms with Crippen molar-refractivity contribution in [1.29, 1.82) is 0 Å². The minimum Gasteiger partial charge on any atom is -0.341 e. The summed E-state index contributed by atoms with van der Waals surface area (Å²) in [6, 6.07) is 0.454. The maximum absolute atomic E-state index is 5.50. The van der Waals surface area contributed by atoms with Gasteiger partial charge in [0, 0.05) is 25.5 Å². The standard InChI is InChI=1S/C13H24N4/c1-10(2)7-11(3)17(4)13-15-8-12(5-6-14)9-16-13/h8-11H,5-7,14H2,1-4H3. The highest BCUT2D eigenvalue weighted by Gasteiger charge is 2.13. The van der Waals surface area contributed by atoms with Gasteiger partial charge in [-0.2, -0.15) is 0 Å². The van der Waals surface area contributed by atoms with Crippen LogP contribution in [0.25, 0.3) is 0 Å². The highest BCUT2D eigenvalue weighted by atomic mass is 15.2. The molecule has 0 aliphatic carbocycles. The Labute approximate surface area is 104 Å². The van der Waals surface area contributed by atoms with E-state index in [-0.39, 0.29) is 0 Å². The summed E-state index contributed by atoms with van der Waals surface area (Å²) in [5.41, 5.74) is 6.59. The summed E-state index contributed by atoms with van der Waals surface area (Å²) in [4.78, 5) is 10.9. The first-order chi connectivity index (χ1) is 8.04. The Morgan fingerprint density at radius 2 is 1.82 bits per heavy atom. The van der Waals surface area contributed by atoms with E-state index in [0.717, 1.165) is 24.4 Å². The molecule has 0 aromatic carbocycles. The highest BCUT2D eigenvalue weighted by molar-refractivity contribution is 5.29. The van der Waals surface area contributed by atoms with Gasteiger partial charge in [0.15, 0.2) is 0 Å². The lowest BCUT2D eigenvalue weighted by molar-refractivity contribution is 0.499. The average Bonchev–Trinajstić information content (AvgIpc) is 2.28. The van der Waals surface area contributed by atoms with E-state index in [1.54, 1.807) is 0 Å². The van der Waals surface area contributed by atoms with Gasteiger partial charge >= 0.3 is 0 Å².